The molecule has 0 spiro atoms. The molecule has 0 aliphatic rings. The number of rotatable bonds is 5. The Morgan fingerprint density at radius 1 is 1.17 bits per heavy atom. The average molecular weight is 264 g/mol. The molecule has 0 saturated heterocycles. The van der Waals surface area contributed by atoms with Gasteiger partial charge in [0.15, 0.2) is 0 Å². The summed E-state index contributed by atoms with van der Waals surface area (Å²) in [5.41, 5.74) is 6.84. The molecule has 4 nitrogen and oxygen atoms in total. The van der Waals surface area contributed by atoms with Gasteiger partial charge in [0.1, 0.15) is 17.2 Å². The van der Waals surface area contributed by atoms with Gasteiger partial charge in [0, 0.05) is 0 Å². The van der Waals surface area contributed by atoms with E-state index in [4.69, 9.17) is 22.1 Å². The molecule has 94 valence electrons. The number of anilines is 1. The van der Waals surface area contributed by atoms with Crippen molar-refractivity contribution in [1.29, 1.82) is 0 Å². The molecule has 0 saturated carbocycles. The van der Waals surface area contributed by atoms with Crippen LogP contribution in [0.5, 0.6) is 5.88 Å². The molecule has 1 heterocycles. The summed E-state index contributed by atoms with van der Waals surface area (Å²) in [7, 11) is 0. The Morgan fingerprint density at radius 2 is 1.94 bits per heavy atom. The zero-order valence-electron chi connectivity index (χ0n) is 9.84. The lowest BCUT2D eigenvalue weighted by atomic mass is 10.1. The lowest BCUT2D eigenvalue weighted by Gasteiger charge is -2.07. The first-order chi connectivity index (χ1) is 8.77. The Kier molecular flexibility index (Phi) is 4.36. The van der Waals surface area contributed by atoms with Crippen molar-refractivity contribution in [3.63, 3.8) is 0 Å². The van der Waals surface area contributed by atoms with Gasteiger partial charge in [0.05, 0.1) is 6.61 Å². The van der Waals surface area contributed by atoms with Gasteiger partial charge in [-0.15, -0.1) is 0 Å². The van der Waals surface area contributed by atoms with Crippen LogP contribution in [-0.2, 0) is 6.42 Å². The van der Waals surface area contributed by atoms with E-state index in [9.17, 15) is 0 Å². The molecule has 0 amide bonds. The number of nitrogen functional groups attached to an aromatic ring is 1. The summed E-state index contributed by atoms with van der Waals surface area (Å²) in [6.45, 7) is 0.547. The third-order valence-corrected chi connectivity index (χ3v) is 2.83. The van der Waals surface area contributed by atoms with E-state index in [1.54, 1.807) is 0 Å². The van der Waals surface area contributed by atoms with Crippen molar-refractivity contribution < 1.29 is 4.74 Å². The van der Waals surface area contributed by atoms with E-state index in [2.05, 4.69) is 22.1 Å². The van der Waals surface area contributed by atoms with Crippen molar-refractivity contribution in [2.75, 3.05) is 12.3 Å². The smallest absolute Gasteiger partial charge is 0.237 e. The molecule has 0 fully saturated rings. The number of ether oxygens (including phenoxy) is 1. The predicted molar refractivity (Wildman–Crippen MR) is 71.7 cm³/mol. The zero-order valence-corrected chi connectivity index (χ0v) is 10.6. The fraction of sp³-hybridized carbons (Fsp3) is 0.231. The molecular weight excluding hydrogens is 250 g/mol. The van der Waals surface area contributed by atoms with Crippen molar-refractivity contribution in [3.05, 3.63) is 47.2 Å². The summed E-state index contributed by atoms with van der Waals surface area (Å²) in [4.78, 5) is 7.71. The predicted octanol–water partition coefficient (Wildman–Crippen LogP) is 2.72. The highest BCUT2D eigenvalue weighted by Gasteiger charge is 2.07. The van der Waals surface area contributed by atoms with Gasteiger partial charge in [-0.25, -0.2) is 9.97 Å². The SMILES string of the molecule is Nc1ncnc(OCCCc2ccccc2)c1Cl. The van der Waals surface area contributed by atoms with Crippen molar-refractivity contribution in [2.24, 2.45) is 0 Å². The maximum absolute atomic E-state index is 5.91. The van der Waals surface area contributed by atoms with Crippen LogP contribution in [0, 0.1) is 0 Å². The van der Waals surface area contributed by atoms with Gasteiger partial charge in [-0.05, 0) is 18.4 Å². The van der Waals surface area contributed by atoms with Crippen molar-refractivity contribution in [1.82, 2.24) is 9.97 Å². The van der Waals surface area contributed by atoms with Gasteiger partial charge in [0.2, 0.25) is 5.88 Å². The topological polar surface area (TPSA) is 61.0 Å². The monoisotopic (exact) mass is 263 g/mol. The van der Waals surface area contributed by atoms with Crippen LogP contribution in [0.2, 0.25) is 5.02 Å². The van der Waals surface area contributed by atoms with E-state index >= 15 is 0 Å². The highest BCUT2D eigenvalue weighted by Crippen LogP contribution is 2.25. The number of nitrogens with zero attached hydrogens (tertiary/aromatic N) is 2. The summed E-state index contributed by atoms with van der Waals surface area (Å²) in [6, 6.07) is 10.2. The quantitative estimate of drug-likeness (QED) is 0.843. The Labute approximate surface area is 111 Å². The van der Waals surface area contributed by atoms with E-state index in [1.165, 1.54) is 11.9 Å². The first-order valence-electron chi connectivity index (χ1n) is 5.70. The molecule has 0 aliphatic heterocycles. The largest absolute Gasteiger partial charge is 0.476 e. The van der Waals surface area contributed by atoms with E-state index in [1.807, 2.05) is 18.2 Å². The summed E-state index contributed by atoms with van der Waals surface area (Å²) < 4.78 is 5.48. The fourth-order valence-electron chi connectivity index (χ4n) is 1.56. The number of aromatic nitrogens is 2. The highest BCUT2D eigenvalue weighted by atomic mass is 35.5. The minimum absolute atomic E-state index is 0.240. The number of halogens is 1. The Balaban J connectivity index is 1.81. The maximum Gasteiger partial charge on any atom is 0.237 e. The van der Waals surface area contributed by atoms with E-state index in [-0.39, 0.29) is 10.8 Å². The van der Waals surface area contributed by atoms with Crippen LogP contribution in [0.15, 0.2) is 36.7 Å². The Morgan fingerprint density at radius 3 is 2.72 bits per heavy atom. The fourth-order valence-corrected chi connectivity index (χ4v) is 1.71. The summed E-state index contributed by atoms with van der Waals surface area (Å²) in [5, 5.41) is 0.275. The molecule has 2 aromatic rings. The van der Waals surface area contributed by atoms with Gasteiger partial charge in [-0.1, -0.05) is 41.9 Å². The minimum Gasteiger partial charge on any atom is -0.476 e. The number of hydrogen-bond donors (Lipinski definition) is 1. The van der Waals surface area contributed by atoms with E-state index < -0.39 is 0 Å². The summed E-state index contributed by atoms with van der Waals surface area (Å²) in [6.07, 6.45) is 3.19. The van der Waals surface area contributed by atoms with Gasteiger partial charge >= 0.3 is 0 Å². The standard InChI is InChI=1S/C13H14ClN3O/c14-11-12(15)16-9-17-13(11)18-8-4-7-10-5-2-1-3-6-10/h1-3,5-6,9H,4,7-8H2,(H2,15,16,17). The van der Waals surface area contributed by atoms with E-state index in [0.717, 1.165) is 12.8 Å². The van der Waals surface area contributed by atoms with E-state index in [0.29, 0.717) is 12.5 Å². The minimum atomic E-state index is 0.240. The second-order valence-corrected chi connectivity index (χ2v) is 4.19. The molecule has 1 aromatic carbocycles. The molecule has 2 rings (SSSR count). The van der Waals surface area contributed by atoms with Crippen LogP contribution in [0.3, 0.4) is 0 Å². The number of hydrogen-bond acceptors (Lipinski definition) is 4. The van der Waals surface area contributed by atoms with Crippen LogP contribution in [0.25, 0.3) is 0 Å². The Hall–Kier alpha value is -1.81. The summed E-state index contributed by atoms with van der Waals surface area (Å²) >= 11 is 5.91. The average Bonchev–Trinajstić information content (AvgIpc) is 2.40. The molecule has 5 heteroatoms. The van der Waals surface area contributed by atoms with Crippen molar-refractivity contribution in [2.45, 2.75) is 12.8 Å². The first kappa shape index (κ1) is 12.6. The lowest BCUT2D eigenvalue weighted by molar-refractivity contribution is 0.299. The number of nitrogens with two attached hydrogens (primary N) is 1. The Bertz CT molecular complexity index is 505. The normalized spacial score (nSPS) is 10.3. The molecule has 0 aliphatic carbocycles. The van der Waals surface area contributed by atoms with Crippen LogP contribution in [0.1, 0.15) is 12.0 Å². The summed E-state index contributed by atoms with van der Waals surface area (Å²) in [5.74, 6) is 0.585. The molecule has 2 N–H and O–H groups in total. The highest BCUT2D eigenvalue weighted by molar-refractivity contribution is 6.33. The third-order valence-electron chi connectivity index (χ3n) is 2.48. The molecular formula is C13H14ClN3O. The lowest BCUT2D eigenvalue weighted by Crippen LogP contribution is -2.03. The van der Waals surface area contributed by atoms with Crippen molar-refractivity contribution in [3.8, 4) is 5.88 Å². The van der Waals surface area contributed by atoms with Crippen LogP contribution in [-0.4, -0.2) is 16.6 Å². The molecule has 18 heavy (non-hydrogen) atoms. The van der Waals surface area contributed by atoms with Crippen molar-refractivity contribution >= 4 is 17.4 Å². The van der Waals surface area contributed by atoms with Crippen LogP contribution >= 0.6 is 11.6 Å². The van der Waals surface area contributed by atoms with Crippen LogP contribution in [0.4, 0.5) is 5.82 Å². The molecule has 1 aromatic heterocycles. The molecule has 0 unspecified atom stereocenters. The molecule has 0 bridgehead atoms. The zero-order chi connectivity index (χ0) is 12.8. The third kappa shape index (κ3) is 3.34. The molecule has 0 atom stereocenters. The van der Waals surface area contributed by atoms with Gasteiger partial charge in [0.25, 0.3) is 0 Å². The van der Waals surface area contributed by atoms with Crippen LogP contribution < -0.4 is 10.5 Å². The molecule has 0 radical (unpaired) electrons. The second-order valence-electron chi connectivity index (χ2n) is 3.82. The van der Waals surface area contributed by atoms with Gasteiger partial charge in [-0.3, -0.25) is 0 Å². The number of benzene rings is 1. The number of aryl methyl sites for hydroxylation is 1. The second kappa shape index (κ2) is 6.21. The van der Waals surface area contributed by atoms with Gasteiger partial charge in [-0.2, -0.15) is 0 Å². The van der Waals surface area contributed by atoms with Gasteiger partial charge < -0.3 is 10.5 Å². The first-order valence-corrected chi connectivity index (χ1v) is 6.08. The maximum atomic E-state index is 5.91.